The van der Waals surface area contributed by atoms with E-state index < -0.39 is 5.97 Å². The molecule has 0 radical (unpaired) electrons. The van der Waals surface area contributed by atoms with Crippen molar-refractivity contribution in [2.45, 2.75) is 46.2 Å². The number of carboxylic acids is 1. The molecular weight excluding hydrogens is 761 g/mol. The first-order chi connectivity index (χ1) is 28.7. The van der Waals surface area contributed by atoms with Gasteiger partial charge in [0.25, 0.3) is 11.7 Å². The van der Waals surface area contributed by atoms with Crippen LogP contribution < -0.4 is 20.9 Å². The Morgan fingerprint density at radius 3 is 1.68 bits per heavy atom. The summed E-state index contributed by atoms with van der Waals surface area (Å²) in [5.74, 6) is 0.622. The standard InChI is InChI=1S/C21H21N7O.C12H16N4.C9H7N3O2.CH4/c1-15-12-26-10-5-8-18(26)20(23-15)27-11-9-16(13-27)24-21(29)19-22-14-28(25-19)17-6-3-2-4-7-17;1-9-7-15-5-2-3-11(15)12(14-9)16-6-4-10(13)8-16;13-9(14)8-10-6-12(11-8)7-4-2-1-3-5-7;/h2-8,10,12,14,16H,9,11,13H2,1H3,(H,24,29);2-3,5,7,10H,4,6,8,13H2,1H3;1-6H,(H,13,14);1H4/t16-;10-;;/m00../s1. The third kappa shape index (κ3) is 9.16. The van der Waals surface area contributed by atoms with Crippen molar-refractivity contribution in [1.82, 2.24) is 53.6 Å². The van der Waals surface area contributed by atoms with Crippen molar-refractivity contribution in [1.29, 1.82) is 0 Å². The lowest BCUT2D eigenvalue weighted by Gasteiger charge is -2.19. The highest BCUT2D eigenvalue weighted by Gasteiger charge is 2.28. The molecule has 8 aromatic rings. The van der Waals surface area contributed by atoms with Gasteiger partial charge in [-0.15, -0.1) is 10.2 Å². The van der Waals surface area contributed by atoms with Gasteiger partial charge < -0.3 is 34.8 Å². The number of hydrogen-bond acceptors (Lipinski definition) is 11. The van der Waals surface area contributed by atoms with E-state index in [1.165, 1.54) is 16.5 Å². The number of aryl methyl sites for hydroxylation is 2. The zero-order valence-corrected chi connectivity index (χ0v) is 32.7. The van der Waals surface area contributed by atoms with Gasteiger partial charge in [0.15, 0.2) is 11.6 Å². The lowest BCUT2D eigenvalue weighted by Crippen LogP contribution is -2.37. The Morgan fingerprint density at radius 1 is 0.683 bits per heavy atom. The molecule has 308 valence electrons. The van der Waals surface area contributed by atoms with Crippen LogP contribution in [0.3, 0.4) is 0 Å². The summed E-state index contributed by atoms with van der Waals surface area (Å²) in [5, 5.41) is 19.8. The molecular formula is C43H48N14O3. The van der Waals surface area contributed by atoms with Gasteiger partial charge in [-0.3, -0.25) is 4.79 Å². The van der Waals surface area contributed by atoms with Crippen LogP contribution in [0.2, 0.25) is 0 Å². The molecule has 2 aliphatic rings. The molecule has 17 nitrogen and oxygen atoms in total. The van der Waals surface area contributed by atoms with Crippen molar-refractivity contribution in [2.24, 2.45) is 5.73 Å². The molecule has 17 heteroatoms. The van der Waals surface area contributed by atoms with Crippen molar-refractivity contribution >= 4 is 34.5 Å². The molecule has 0 spiro atoms. The first-order valence-electron chi connectivity index (χ1n) is 19.3. The van der Waals surface area contributed by atoms with E-state index >= 15 is 0 Å². The highest BCUT2D eigenvalue weighted by molar-refractivity contribution is 5.90. The summed E-state index contributed by atoms with van der Waals surface area (Å²) in [6.07, 6.45) is 13.0. The number of aromatic nitrogens is 10. The second-order valence-electron chi connectivity index (χ2n) is 14.4. The van der Waals surface area contributed by atoms with Gasteiger partial charge in [-0.25, -0.2) is 34.1 Å². The number of amides is 1. The number of benzene rings is 2. The summed E-state index contributed by atoms with van der Waals surface area (Å²) in [6.45, 7) is 7.50. The maximum absolute atomic E-state index is 12.6. The van der Waals surface area contributed by atoms with Gasteiger partial charge in [0, 0.05) is 63.1 Å². The van der Waals surface area contributed by atoms with Crippen molar-refractivity contribution in [3.63, 3.8) is 0 Å². The summed E-state index contributed by atoms with van der Waals surface area (Å²) in [7, 11) is 0. The molecule has 0 saturated carbocycles. The number of nitrogens with one attached hydrogen (secondary N) is 1. The molecule has 2 fully saturated rings. The number of anilines is 2. The zero-order valence-electron chi connectivity index (χ0n) is 32.7. The minimum absolute atomic E-state index is 0. The van der Waals surface area contributed by atoms with Crippen molar-refractivity contribution < 1.29 is 14.7 Å². The van der Waals surface area contributed by atoms with Crippen LogP contribution in [0.4, 0.5) is 11.6 Å². The van der Waals surface area contributed by atoms with Crippen molar-refractivity contribution in [3.8, 4) is 11.4 Å². The van der Waals surface area contributed by atoms with Gasteiger partial charge in [0.2, 0.25) is 5.82 Å². The van der Waals surface area contributed by atoms with Gasteiger partial charge in [-0.05, 0) is 75.2 Å². The Kier molecular flexibility index (Phi) is 12.3. The SMILES string of the molecule is C.Cc1cn2cccc2c(N2CC[C@H](N)C2)n1.Cc1cn2cccc2c(N2CC[C@H](NC(=O)c3ncn(-c4ccccc4)n3)C2)n1.O=C(O)c1ncn(-c2ccccc2)n1. The Labute approximate surface area is 346 Å². The highest BCUT2D eigenvalue weighted by atomic mass is 16.4. The van der Waals surface area contributed by atoms with E-state index in [9.17, 15) is 9.59 Å². The second-order valence-corrected chi connectivity index (χ2v) is 14.4. The van der Waals surface area contributed by atoms with Gasteiger partial charge in [0.1, 0.15) is 12.7 Å². The van der Waals surface area contributed by atoms with Gasteiger partial charge in [-0.1, -0.05) is 43.8 Å². The summed E-state index contributed by atoms with van der Waals surface area (Å²) in [6, 6.07) is 27.4. The molecule has 2 saturated heterocycles. The molecule has 8 heterocycles. The van der Waals surface area contributed by atoms with E-state index in [0.29, 0.717) is 6.54 Å². The number of carbonyl (C=O) groups excluding carboxylic acids is 1. The molecule has 10 rings (SSSR count). The average Bonchev–Trinajstić information content (AvgIpc) is 4.10. The average molecular weight is 809 g/mol. The van der Waals surface area contributed by atoms with Gasteiger partial charge in [0.05, 0.1) is 33.8 Å². The fraction of sp³-hybridized carbons (Fsp3) is 0.256. The lowest BCUT2D eigenvalue weighted by molar-refractivity contribution is 0.0683. The third-order valence-corrected chi connectivity index (χ3v) is 10.00. The Hall–Kier alpha value is -7.40. The summed E-state index contributed by atoms with van der Waals surface area (Å²) in [5.41, 5.74) is 11.8. The van der Waals surface area contributed by atoms with E-state index in [1.807, 2.05) is 93.0 Å². The predicted octanol–water partition coefficient (Wildman–Crippen LogP) is 5.01. The first kappa shape index (κ1) is 40.8. The fourth-order valence-corrected chi connectivity index (χ4v) is 7.20. The van der Waals surface area contributed by atoms with Crippen molar-refractivity contribution in [3.05, 3.63) is 145 Å². The second kappa shape index (κ2) is 18.0. The van der Waals surface area contributed by atoms with Crippen LogP contribution in [0.1, 0.15) is 52.9 Å². The fourth-order valence-electron chi connectivity index (χ4n) is 7.20. The maximum Gasteiger partial charge on any atom is 0.375 e. The molecule has 60 heavy (non-hydrogen) atoms. The molecule has 2 aromatic carbocycles. The Balaban J connectivity index is 0.000000148. The molecule has 2 aliphatic heterocycles. The Morgan fingerprint density at radius 2 is 1.18 bits per heavy atom. The number of para-hydroxylation sites is 2. The third-order valence-electron chi connectivity index (χ3n) is 10.00. The number of aromatic carboxylic acids is 1. The van der Waals surface area contributed by atoms with Crippen LogP contribution in [-0.2, 0) is 0 Å². The number of rotatable bonds is 7. The zero-order chi connectivity index (χ0) is 40.9. The van der Waals surface area contributed by atoms with Gasteiger partial charge >= 0.3 is 5.97 Å². The number of carboxylic acid groups (broad SMARTS) is 1. The molecule has 0 unspecified atom stereocenters. The van der Waals surface area contributed by atoms with E-state index in [4.69, 9.17) is 15.8 Å². The highest BCUT2D eigenvalue weighted by Crippen LogP contribution is 2.25. The number of nitrogens with two attached hydrogens (primary N) is 1. The molecule has 0 bridgehead atoms. The van der Waals surface area contributed by atoms with E-state index in [-0.39, 0.29) is 37.1 Å². The van der Waals surface area contributed by atoms with E-state index in [1.54, 1.807) is 11.0 Å². The van der Waals surface area contributed by atoms with Crippen LogP contribution in [-0.4, -0.2) is 104 Å². The predicted molar refractivity (Wildman–Crippen MR) is 229 cm³/mol. The largest absolute Gasteiger partial charge is 0.475 e. The number of carbonyl (C=O) groups is 2. The molecule has 1 amide bonds. The molecule has 2 atom stereocenters. The van der Waals surface area contributed by atoms with Crippen molar-refractivity contribution in [2.75, 3.05) is 36.0 Å². The Bertz CT molecular complexity index is 2690. The number of nitrogens with zero attached hydrogens (tertiary/aromatic N) is 12. The first-order valence-corrected chi connectivity index (χ1v) is 19.3. The minimum Gasteiger partial charge on any atom is -0.475 e. The summed E-state index contributed by atoms with van der Waals surface area (Å²) in [4.78, 5) is 44.8. The monoisotopic (exact) mass is 808 g/mol. The van der Waals surface area contributed by atoms with Crippen LogP contribution in [0.15, 0.2) is 122 Å². The van der Waals surface area contributed by atoms with Crippen LogP contribution >= 0.6 is 0 Å². The van der Waals surface area contributed by atoms with E-state index in [2.05, 4.69) is 79.7 Å². The van der Waals surface area contributed by atoms with Crippen LogP contribution in [0.5, 0.6) is 0 Å². The number of hydrogen-bond donors (Lipinski definition) is 3. The lowest BCUT2D eigenvalue weighted by atomic mass is 10.2. The normalized spacial score (nSPS) is 15.8. The topological polar surface area (TPSA) is 195 Å². The number of fused-ring (bicyclic) bond motifs is 2. The van der Waals surface area contributed by atoms with Crippen LogP contribution in [0, 0.1) is 13.8 Å². The molecule has 6 aromatic heterocycles. The maximum atomic E-state index is 12.6. The molecule has 0 aliphatic carbocycles. The summed E-state index contributed by atoms with van der Waals surface area (Å²) < 4.78 is 7.24. The minimum atomic E-state index is -1.13. The van der Waals surface area contributed by atoms with E-state index in [0.717, 1.165) is 72.4 Å². The quantitative estimate of drug-likeness (QED) is 0.195. The van der Waals surface area contributed by atoms with Gasteiger partial charge in [-0.2, -0.15) is 0 Å². The molecule has 4 N–H and O–H groups in total. The smallest absolute Gasteiger partial charge is 0.375 e. The van der Waals surface area contributed by atoms with Crippen LogP contribution in [0.25, 0.3) is 22.4 Å². The summed E-state index contributed by atoms with van der Waals surface area (Å²) >= 11 is 0.